The fraction of sp³-hybridized carbons (Fsp3) is 0.947. The molecule has 0 aromatic carbocycles. The predicted octanol–water partition coefficient (Wildman–Crippen LogP) is 2.44. The van der Waals surface area contributed by atoms with Crippen LogP contribution >= 0.6 is 0 Å². The summed E-state index contributed by atoms with van der Waals surface area (Å²) < 4.78 is 43.9. The van der Waals surface area contributed by atoms with Crippen LogP contribution in [0.3, 0.4) is 0 Å². The molecule has 3 aliphatic rings. The first kappa shape index (κ1) is 45.1. The van der Waals surface area contributed by atoms with E-state index in [2.05, 4.69) is 0 Å². The first-order valence-corrected chi connectivity index (χ1v) is 18.9. The van der Waals surface area contributed by atoms with Crippen molar-refractivity contribution in [2.45, 2.75) is 179 Å². The van der Waals surface area contributed by atoms with Gasteiger partial charge in [-0.3, -0.25) is 9.59 Å². The Hall–Kier alpha value is -1.30. The second-order valence-electron chi connectivity index (χ2n) is 16.6. The minimum Gasteiger partial charge on any atom is -0.459 e. The number of carbonyl (C=O) groups excluding carboxylic acids is 2. The molecule has 0 saturated carbocycles. The second kappa shape index (κ2) is 17.7. The summed E-state index contributed by atoms with van der Waals surface area (Å²) in [6.07, 6.45) is -8.73. The van der Waals surface area contributed by atoms with Crippen molar-refractivity contribution >= 4 is 11.8 Å². The topological polar surface area (TPSA) is 183 Å². The maximum absolute atomic E-state index is 14.2. The smallest absolute Gasteiger partial charge is 0.311 e. The van der Waals surface area contributed by atoms with Crippen LogP contribution in [0.5, 0.6) is 0 Å². The van der Waals surface area contributed by atoms with Gasteiger partial charge in [-0.05, 0) is 74.9 Å². The molecule has 18 atom stereocenters. The first-order valence-electron chi connectivity index (χ1n) is 18.9. The average Bonchev–Trinajstić information content (AvgIpc) is 3.09. The molecule has 0 radical (unpaired) electrons. The van der Waals surface area contributed by atoms with Gasteiger partial charge in [0.15, 0.2) is 12.6 Å². The van der Waals surface area contributed by atoms with E-state index in [1.165, 1.54) is 21.1 Å². The molecule has 0 aliphatic carbocycles. The molecule has 3 aliphatic heterocycles. The molecule has 0 bridgehead atoms. The molecule has 3 rings (SSSR count). The molecule has 3 saturated heterocycles. The van der Waals surface area contributed by atoms with Gasteiger partial charge in [0, 0.05) is 44.4 Å². The van der Waals surface area contributed by atoms with Gasteiger partial charge in [0.1, 0.15) is 29.7 Å². The van der Waals surface area contributed by atoms with Crippen molar-refractivity contribution in [1.82, 2.24) is 4.90 Å². The molecular formula is C38H69NO13. The van der Waals surface area contributed by atoms with E-state index in [0.717, 1.165) is 0 Å². The number of hydrogen-bond donors (Lipinski definition) is 4. The number of hydrogen-bond acceptors (Lipinski definition) is 14. The van der Waals surface area contributed by atoms with Crippen LogP contribution in [0.2, 0.25) is 0 Å². The van der Waals surface area contributed by atoms with Crippen LogP contribution in [0.25, 0.3) is 0 Å². The minimum absolute atomic E-state index is 0.111. The number of Topliss-reactive ketones (excluding diaryl/α,β-unsaturated/α-hetero) is 1. The fourth-order valence-corrected chi connectivity index (χ4v) is 8.58. The highest BCUT2D eigenvalue weighted by Gasteiger charge is 2.54. The quantitative estimate of drug-likeness (QED) is 0.266. The van der Waals surface area contributed by atoms with Gasteiger partial charge in [0.05, 0.1) is 47.6 Å². The van der Waals surface area contributed by atoms with Crippen LogP contribution < -0.4 is 0 Å². The fourth-order valence-electron chi connectivity index (χ4n) is 8.58. The van der Waals surface area contributed by atoms with Gasteiger partial charge in [-0.2, -0.15) is 0 Å². The van der Waals surface area contributed by atoms with E-state index in [1.54, 1.807) is 48.5 Å². The summed E-state index contributed by atoms with van der Waals surface area (Å²) in [6, 6.07) is -0.283. The number of ketones is 1. The van der Waals surface area contributed by atoms with Crippen molar-refractivity contribution in [2.75, 3.05) is 28.3 Å². The first-order chi connectivity index (χ1) is 24.0. The molecule has 3 fully saturated rings. The highest BCUT2D eigenvalue weighted by Crippen LogP contribution is 2.41. The monoisotopic (exact) mass is 747 g/mol. The Labute approximate surface area is 310 Å². The molecule has 0 spiro atoms. The SMILES string of the molecule is CCC1OC(=O)C(C)C(OC2C[C@@](C)(OC)C(O)C(C)O2)C(C)C(OC2OC(C)CC(N(C)C)C2O)[C@](C)(OC)CC(C)C(=O)C(C)C(O)[C@@]1(C)O. The largest absolute Gasteiger partial charge is 0.459 e. The van der Waals surface area contributed by atoms with Gasteiger partial charge < -0.3 is 58.5 Å². The third kappa shape index (κ3) is 9.38. The minimum atomic E-state index is -1.96. The van der Waals surface area contributed by atoms with Crippen molar-refractivity contribution < 1.29 is 63.2 Å². The zero-order valence-corrected chi connectivity index (χ0v) is 33.9. The summed E-state index contributed by atoms with van der Waals surface area (Å²) in [4.78, 5) is 30.1. The van der Waals surface area contributed by atoms with Gasteiger partial charge in [0.25, 0.3) is 0 Å². The maximum Gasteiger partial charge on any atom is 0.311 e. The molecule has 15 unspecified atom stereocenters. The lowest BCUT2D eigenvalue weighted by atomic mass is 9.74. The molecule has 3 heterocycles. The molecule has 0 amide bonds. The number of rotatable bonds is 8. The summed E-state index contributed by atoms with van der Waals surface area (Å²) >= 11 is 0. The summed E-state index contributed by atoms with van der Waals surface area (Å²) in [7, 11) is 6.77. The van der Waals surface area contributed by atoms with Crippen molar-refractivity contribution in [3.05, 3.63) is 0 Å². The molecule has 0 aromatic heterocycles. The lowest BCUT2D eigenvalue weighted by Gasteiger charge is -2.50. The Balaban J connectivity index is 2.22. The predicted molar refractivity (Wildman–Crippen MR) is 191 cm³/mol. The van der Waals surface area contributed by atoms with Gasteiger partial charge in [0.2, 0.25) is 0 Å². The van der Waals surface area contributed by atoms with E-state index in [1.807, 2.05) is 32.8 Å². The molecule has 0 aromatic rings. The standard InChI is InChI=1S/C38H69NO13/c1-15-26-38(10,45)31(42)21(4)28(40)19(2)17-37(9,47-14)33(52-35-29(41)25(39(11)12)16-20(3)48-35)22(5)30(23(6)34(44)50-26)51-27-18-36(8,46-13)32(43)24(7)49-27/h19-27,29-33,35,41-43,45H,15-18H2,1-14H3/t19?,20?,21?,22?,23?,24?,25?,26?,27?,29?,30?,31?,32?,33?,35?,36-,37-,38+/m1/s1. The van der Waals surface area contributed by atoms with Gasteiger partial charge in [-0.15, -0.1) is 0 Å². The number of carbonyl (C=O) groups is 2. The highest BCUT2D eigenvalue weighted by atomic mass is 16.7. The van der Waals surface area contributed by atoms with E-state index in [-0.39, 0.29) is 37.2 Å². The van der Waals surface area contributed by atoms with Crippen molar-refractivity contribution in [3.8, 4) is 0 Å². The van der Waals surface area contributed by atoms with E-state index < -0.39 is 102 Å². The molecular weight excluding hydrogens is 678 g/mol. The Morgan fingerprint density at radius 2 is 1.44 bits per heavy atom. The van der Waals surface area contributed by atoms with Crippen LogP contribution in [0.1, 0.15) is 94.9 Å². The van der Waals surface area contributed by atoms with Crippen molar-refractivity contribution in [2.24, 2.45) is 23.7 Å². The normalized spacial score (nSPS) is 49.0. The number of cyclic esters (lactones) is 1. The second-order valence-corrected chi connectivity index (χ2v) is 16.6. The zero-order valence-electron chi connectivity index (χ0n) is 33.9. The number of aliphatic hydroxyl groups is 4. The molecule has 4 N–H and O–H groups in total. The lowest BCUT2D eigenvalue weighted by Crippen LogP contribution is -2.61. The third-order valence-corrected chi connectivity index (χ3v) is 12.3. The van der Waals surface area contributed by atoms with Crippen LogP contribution in [0, 0.1) is 23.7 Å². The molecule has 52 heavy (non-hydrogen) atoms. The van der Waals surface area contributed by atoms with E-state index in [9.17, 15) is 30.0 Å². The van der Waals surface area contributed by atoms with Gasteiger partial charge in [-0.25, -0.2) is 0 Å². The Morgan fingerprint density at radius 3 is 1.98 bits per heavy atom. The van der Waals surface area contributed by atoms with Crippen LogP contribution in [-0.2, 0) is 42.7 Å². The number of nitrogens with zero attached hydrogens (tertiary/aromatic N) is 1. The number of methoxy groups -OCH3 is 2. The molecule has 14 nitrogen and oxygen atoms in total. The van der Waals surface area contributed by atoms with E-state index >= 15 is 0 Å². The van der Waals surface area contributed by atoms with Crippen LogP contribution in [0.4, 0.5) is 0 Å². The van der Waals surface area contributed by atoms with Gasteiger partial charge >= 0.3 is 5.97 Å². The summed E-state index contributed by atoms with van der Waals surface area (Å²) in [6.45, 7) is 17.1. The molecule has 14 heteroatoms. The number of esters is 1. The summed E-state index contributed by atoms with van der Waals surface area (Å²) in [5.41, 5.74) is -4.24. The maximum atomic E-state index is 14.2. The third-order valence-electron chi connectivity index (χ3n) is 12.3. The average molecular weight is 748 g/mol. The highest BCUT2D eigenvalue weighted by molar-refractivity contribution is 5.83. The summed E-state index contributed by atoms with van der Waals surface area (Å²) in [5, 5.41) is 45.6. The van der Waals surface area contributed by atoms with Crippen molar-refractivity contribution in [1.29, 1.82) is 0 Å². The summed E-state index contributed by atoms with van der Waals surface area (Å²) in [5.74, 6) is -4.47. The molecule has 304 valence electrons. The van der Waals surface area contributed by atoms with Crippen LogP contribution in [0.15, 0.2) is 0 Å². The number of aliphatic hydroxyl groups excluding tert-OH is 3. The Bertz CT molecular complexity index is 1190. The van der Waals surface area contributed by atoms with Gasteiger partial charge in [-0.1, -0.05) is 27.7 Å². The number of ether oxygens (including phenoxy) is 7. The van der Waals surface area contributed by atoms with E-state index in [0.29, 0.717) is 6.42 Å². The Kier molecular flexibility index (Phi) is 15.3. The van der Waals surface area contributed by atoms with E-state index in [4.69, 9.17) is 33.2 Å². The van der Waals surface area contributed by atoms with Crippen LogP contribution in [-0.4, -0.2) is 150 Å². The zero-order chi connectivity index (χ0) is 39.7. The lowest BCUT2D eigenvalue weighted by molar-refractivity contribution is -0.319. The van der Waals surface area contributed by atoms with Crippen molar-refractivity contribution in [3.63, 3.8) is 0 Å². The number of likely N-dealkylation sites (N-methyl/N-ethyl adjacent to an activating group) is 1. The Morgan fingerprint density at radius 1 is 0.846 bits per heavy atom.